The topological polar surface area (TPSA) is 87.2 Å². The molecule has 0 saturated carbocycles. The van der Waals surface area contributed by atoms with Gasteiger partial charge in [-0.1, -0.05) is 0 Å². The molecular weight excluding hydrogens is 214 g/mol. The zero-order valence-corrected chi connectivity index (χ0v) is 9.70. The fourth-order valence-corrected chi connectivity index (χ4v) is 3.52. The number of nitrogens with zero attached hydrogens (tertiary/aromatic N) is 2. The van der Waals surface area contributed by atoms with Crippen molar-refractivity contribution in [3.8, 4) is 6.07 Å². The van der Waals surface area contributed by atoms with Crippen LogP contribution in [0.25, 0.3) is 0 Å². The first kappa shape index (κ1) is 12.4. The zero-order chi connectivity index (χ0) is 11.5. The molecule has 1 saturated heterocycles. The maximum Gasteiger partial charge on any atom is 0.151 e. The summed E-state index contributed by atoms with van der Waals surface area (Å²) in [5.41, 5.74) is 5.47. The zero-order valence-electron chi connectivity index (χ0n) is 8.89. The standard InChI is InChI=1S/C9H17N3O2S/c1-12(4-2-8(11)6-10)9-3-5-15(13,14)7-9/h8-9H,2-5,7,11H2,1H3. The van der Waals surface area contributed by atoms with E-state index in [2.05, 4.69) is 0 Å². The van der Waals surface area contributed by atoms with Gasteiger partial charge in [-0.25, -0.2) is 8.42 Å². The Balaban J connectivity index is 2.36. The third-order valence-corrected chi connectivity index (χ3v) is 4.54. The first-order valence-electron chi connectivity index (χ1n) is 5.00. The van der Waals surface area contributed by atoms with Crippen molar-refractivity contribution in [1.82, 2.24) is 4.90 Å². The minimum absolute atomic E-state index is 0.0980. The number of rotatable bonds is 4. The molecular formula is C9H17N3O2S. The van der Waals surface area contributed by atoms with Crippen LogP contribution in [0.4, 0.5) is 0 Å². The Hall–Kier alpha value is -0.640. The molecule has 0 aromatic rings. The van der Waals surface area contributed by atoms with E-state index in [1.165, 1.54) is 0 Å². The molecule has 1 aliphatic heterocycles. The van der Waals surface area contributed by atoms with Gasteiger partial charge in [0.15, 0.2) is 9.84 Å². The molecule has 0 aliphatic carbocycles. The highest BCUT2D eigenvalue weighted by Gasteiger charge is 2.30. The molecule has 2 atom stereocenters. The molecule has 0 aromatic heterocycles. The SMILES string of the molecule is CN(CCC(N)C#N)C1CCS(=O)(=O)C1. The van der Waals surface area contributed by atoms with Gasteiger partial charge in [0.25, 0.3) is 0 Å². The van der Waals surface area contributed by atoms with Gasteiger partial charge in [-0.15, -0.1) is 0 Å². The summed E-state index contributed by atoms with van der Waals surface area (Å²) in [5.74, 6) is 0.525. The van der Waals surface area contributed by atoms with Crippen LogP contribution in [0.5, 0.6) is 0 Å². The van der Waals surface area contributed by atoms with Crippen molar-refractivity contribution < 1.29 is 8.42 Å². The van der Waals surface area contributed by atoms with Crippen LogP contribution in [-0.2, 0) is 9.84 Å². The van der Waals surface area contributed by atoms with E-state index in [9.17, 15) is 8.42 Å². The van der Waals surface area contributed by atoms with Gasteiger partial charge in [-0.2, -0.15) is 5.26 Å². The Kier molecular flexibility index (Phi) is 4.08. The van der Waals surface area contributed by atoms with Crippen LogP contribution in [-0.4, -0.2) is 50.5 Å². The molecule has 0 bridgehead atoms. The summed E-state index contributed by atoms with van der Waals surface area (Å²) in [6, 6.07) is 1.60. The molecule has 1 fully saturated rings. The Morgan fingerprint density at radius 3 is 2.80 bits per heavy atom. The van der Waals surface area contributed by atoms with E-state index in [0.717, 1.165) is 0 Å². The van der Waals surface area contributed by atoms with E-state index in [0.29, 0.717) is 19.4 Å². The van der Waals surface area contributed by atoms with Crippen molar-refractivity contribution >= 4 is 9.84 Å². The molecule has 0 spiro atoms. The number of nitrogens with two attached hydrogens (primary N) is 1. The average Bonchev–Trinajstić information content (AvgIpc) is 2.54. The Bertz CT molecular complexity index is 347. The van der Waals surface area contributed by atoms with Gasteiger partial charge < -0.3 is 10.6 Å². The highest BCUT2D eigenvalue weighted by molar-refractivity contribution is 7.91. The van der Waals surface area contributed by atoms with Gasteiger partial charge >= 0.3 is 0 Å². The highest BCUT2D eigenvalue weighted by Crippen LogP contribution is 2.16. The number of hydrogen-bond donors (Lipinski definition) is 1. The maximum absolute atomic E-state index is 11.2. The minimum atomic E-state index is -2.82. The van der Waals surface area contributed by atoms with Crippen molar-refractivity contribution in [2.45, 2.75) is 24.9 Å². The molecule has 15 heavy (non-hydrogen) atoms. The third-order valence-electron chi connectivity index (χ3n) is 2.79. The van der Waals surface area contributed by atoms with Crippen LogP contribution < -0.4 is 5.73 Å². The van der Waals surface area contributed by atoms with Gasteiger partial charge in [0.2, 0.25) is 0 Å². The fraction of sp³-hybridized carbons (Fsp3) is 0.889. The molecule has 86 valence electrons. The molecule has 5 nitrogen and oxygen atoms in total. The molecule has 0 amide bonds. The summed E-state index contributed by atoms with van der Waals surface area (Å²) < 4.78 is 22.5. The van der Waals surface area contributed by atoms with Crippen LogP contribution in [0.3, 0.4) is 0 Å². The van der Waals surface area contributed by atoms with Gasteiger partial charge in [0.05, 0.1) is 23.6 Å². The van der Waals surface area contributed by atoms with Crippen LogP contribution in [0, 0.1) is 11.3 Å². The van der Waals surface area contributed by atoms with E-state index in [1.54, 1.807) is 0 Å². The summed E-state index contributed by atoms with van der Waals surface area (Å²) in [4.78, 5) is 1.99. The molecule has 1 rings (SSSR count). The van der Waals surface area contributed by atoms with E-state index in [1.807, 2.05) is 18.0 Å². The lowest BCUT2D eigenvalue weighted by molar-refractivity contribution is 0.256. The highest BCUT2D eigenvalue weighted by atomic mass is 32.2. The largest absolute Gasteiger partial charge is 0.316 e. The summed E-state index contributed by atoms with van der Waals surface area (Å²) in [7, 11) is -0.938. The van der Waals surface area contributed by atoms with Crippen LogP contribution >= 0.6 is 0 Å². The lowest BCUT2D eigenvalue weighted by Crippen LogP contribution is -2.35. The molecule has 2 N–H and O–H groups in total. The Morgan fingerprint density at radius 1 is 1.67 bits per heavy atom. The predicted octanol–water partition coefficient (Wildman–Crippen LogP) is -0.654. The van der Waals surface area contributed by atoms with Crippen molar-refractivity contribution in [3.63, 3.8) is 0 Å². The summed E-state index contributed by atoms with van der Waals surface area (Å²) in [5, 5.41) is 8.51. The van der Waals surface area contributed by atoms with E-state index in [-0.39, 0.29) is 17.5 Å². The summed E-state index contributed by atoms with van der Waals surface area (Å²) >= 11 is 0. The maximum atomic E-state index is 11.2. The van der Waals surface area contributed by atoms with Gasteiger partial charge in [-0.3, -0.25) is 0 Å². The molecule has 6 heteroatoms. The van der Waals surface area contributed by atoms with Crippen LogP contribution in [0.1, 0.15) is 12.8 Å². The van der Waals surface area contributed by atoms with E-state index >= 15 is 0 Å². The van der Waals surface area contributed by atoms with Crippen molar-refractivity contribution in [1.29, 1.82) is 5.26 Å². The molecule has 1 heterocycles. The van der Waals surface area contributed by atoms with Gasteiger partial charge in [0, 0.05) is 12.6 Å². The van der Waals surface area contributed by atoms with Crippen LogP contribution in [0.2, 0.25) is 0 Å². The third kappa shape index (κ3) is 3.78. The molecule has 2 unspecified atom stereocenters. The Labute approximate surface area is 90.8 Å². The predicted molar refractivity (Wildman–Crippen MR) is 57.9 cm³/mol. The van der Waals surface area contributed by atoms with Gasteiger partial charge in [0.1, 0.15) is 0 Å². The molecule has 0 radical (unpaired) electrons. The Morgan fingerprint density at radius 2 is 2.33 bits per heavy atom. The number of hydrogen-bond acceptors (Lipinski definition) is 5. The second-order valence-corrected chi connectivity index (χ2v) is 6.29. The summed E-state index contributed by atoms with van der Waals surface area (Å²) in [6.45, 7) is 0.676. The lowest BCUT2D eigenvalue weighted by Gasteiger charge is -2.23. The lowest BCUT2D eigenvalue weighted by atomic mass is 10.2. The monoisotopic (exact) mass is 231 g/mol. The van der Waals surface area contributed by atoms with Gasteiger partial charge in [-0.05, 0) is 19.9 Å². The first-order chi connectivity index (χ1) is 6.94. The van der Waals surface area contributed by atoms with Crippen LogP contribution in [0.15, 0.2) is 0 Å². The number of nitriles is 1. The fourth-order valence-electron chi connectivity index (χ4n) is 1.71. The first-order valence-corrected chi connectivity index (χ1v) is 6.82. The van der Waals surface area contributed by atoms with E-state index < -0.39 is 15.9 Å². The normalized spacial score (nSPS) is 26.4. The van der Waals surface area contributed by atoms with E-state index in [4.69, 9.17) is 11.0 Å². The van der Waals surface area contributed by atoms with Crippen molar-refractivity contribution in [2.24, 2.45) is 5.73 Å². The second kappa shape index (κ2) is 4.92. The average molecular weight is 231 g/mol. The second-order valence-electron chi connectivity index (χ2n) is 4.06. The molecule has 1 aliphatic rings. The summed E-state index contributed by atoms with van der Waals surface area (Å²) in [6.07, 6.45) is 1.28. The number of sulfone groups is 1. The van der Waals surface area contributed by atoms with Crippen molar-refractivity contribution in [3.05, 3.63) is 0 Å². The quantitative estimate of drug-likeness (QED) is 0.694. The van der Waals surface area contributed by atoms with Crippen molar-refractivity contribution in [2.75, 3.05) is 25.1 Å². The molecule has 0 aromatic carbocycles. The smallest absolute Gasteiger partial charge is 0.151 e. The minimum Gasteiger partial charge on any atom is -0.316 e.